The number of nitrogens with two attached hydrogens (primary N) is 1. The number of amidine groups is 1. The van der Waals surface area contributed by atoms with Crippen molar-refractivity contribution in [3.8, 4) is 5.75 Å². The average molecular weight is 260 g/mol. The van der Waals surface area contributed by atoms with Crippen molar-refractivity contribution >= 4 is 5.84 Å². The maximum absolute atomic E-state index is 12.5. The Labute approximate surface area is 103 Å². The zero-order valence-electron chi connectivity index (χ0n) is 10.1. The van der Waals surface area contributed by atoms with Gasteiger partial charge in [-0.05, 0) is 24.1 Å². The average Bonchev–Trinajstić information content (AvgIpc) is 2.24. The summed E-state index contributed by atoms with van der Waals surface area (Å²) < 4.78 is 42.9. The maximum Gasteiger partial charge on any atom is 0.416 e. The second-order valence-electron chi connectivity index (χ2n) is 4.33. The first-order valence-electron chi connectivity index (χ1n) is 5.40. The number of nitrogen functional groups attached to an aromatic ring is 1. The summed E-state index contributed by atoms with van der Waals surface area (Å²) in [5.74, 6) is -0.0174. The molecule has 0 unspecified atom stereocenters. The lowest BCUT2D eigenvalue weighted by Gasteiger charge is -2.14. The molecule has 6 heteroatoms. The number of halogens is 3. The SMILES string of the molecule is CC(C)COc1ccc(C(F)(F)F)cc1C(=N)N. The van der Waals surface area contributed by atoms with E-state index in [1.165, 1.54) is 6.07 Å². The van der Waals surface area contributed by atoms with Crippen LogP contribution in [0.2, 0.25) is 0 Å². The third kappa shape index (κ3) is 3.65. The van der Waals surface area contributed by atoms with Crippen molar-refractivity contribution in [2.75, 3.05) is 6.61 Å². The van der Waals surface area contributed by atoms with Gasteiger partial charge in [0.25, 0.3) is 0 Å². The highest BCUT2D eigenvalue weighted by molar-refractivity contribution is 5.97. The summed E-state index contributed by atoms with van der Waals surface area (Å²) in [4.78, 5) is 0. The molecule has 3 N–H and O–H groups in total. The van der Waals surface area contributed by atoms with Crippen molar-refractivity contribution in [3.63, 3.8) is 0 Å². The topological polar surface area (TPSA) is 59.1 Å². The molecule has 1 aromatic rings. The van der Waals surface area contributed by atoms with Gasteiger partial charge in [0.05, 0.1) is 17.7 Å². The zero-order chi connectivity index (χ0) is 13.9. The van der Waals surface area contributed by atoms with Crippen LogP contribution in [0.1, 0.15) is 25.0 Å². The molecule has 0 bridgehead atoms. The van der Waals surface area contributed by atoms with E-state index in [1.807, 2.05) is 13.8 Å². The molecule has 0 fully saturated rings. The Morgan fingerprint density at radius 1 is 1.39 bits per heavy atom. The fraction of sp³-hybridized carbons (Fsp3) is 0.417. The molecule has 0 aliphatic carbocycles. The summed E-state index contributed by atoms with van der Waals surface area (Å²) in [6.45, 7) is 4.18. The highest BCUT2D eigenvalue weighted by Gasteiger charge is 2.31. The van der Waals surface area contributed by atoms with Crippen LogP contribution in [0.15, 0.2) is 18.2 Å². The highest BCUT2D eigenvalue weighted by Crippen LogP contribution is 2.32. The van der Waals surface area contributed by atoms with Crippen LogP contribution < -0.4 is 10.5 Å². The van der Waals surface area contributed by atoms with Crippen LogP contribution in [0.5, 0.6) is 5.75 Å². The molecule has 0 spiro atoms. The Bertz CT molecular complexity index is 441. The van der Waals surface area contributed by atoms with E-state index in [1.54, 1.807) is 0 Å². The van der Waals surface area contributed by atoms with Crippen LogP contribution in [-0.4, -0.2) is 12.4 Å². The molecule has 1 aromatic carbocycles. The lowest BCUT2D eigenvalue weighted by molar-refractivity contribution is -0.137. The van der Waals surface area contributed by atoms with E-state index >= 15 is 0 Å². The molecule has 0 amide bonds. The first-order chi connectivity index (χ1) is 8.21. The van der Waals surface area contributed by atoms with Crippen molar-refractivity contribution in [1.29, 1.82) is 5.41 Å². The Morgan fingerprint density at radius 3 is 2.44 bits per heavy atom. The number of hydrogen-bond donors (Lipinski definition) is 2. The van der Waals surface area contributed by atoms with Crippen LogP contribution in [0.4, 0.5) is 13.2 Å². The quantitative estimate of drug-likeness (QED) is 0.645. The summed E-state index contributed by atoms with van der Waals surface area (Å²) in [6.07, 6.45) is -4.46. The molecule has 0 aliphatic rings. The van der Waals surface area contributed by atoms with Crippen LogP contribution in [0.3, 0.4) is 0 Å². The molecule has 0 saturated heterocycles. The third-order valence-corrected chi connectivity index (χ3v) is 2.17. The van der Waals surface area contributed by atoms with Gasteiger partial charge in [-0.2, -0.15) is 13.2 Å². The second kappa shape index (κ2) is 5.29. The fourth-order valence-corrected chi connectivity index (χ4v) is 1.30. The molecule has 100 valence electrons. The summed E-state index contributed by atoms with van der Waals surface area (Å²) in [5.41, 5.74) is 4.39. The molecule has 0 aliphatic heterocycles. The number of nitrogens with one attached hydrogen (secondary N) is 1. The van der Waals surface area contributed by atoms with E-state index < -0.39 is 17.6 Å². The summed E-state index contributed by atoms with van der Waals surface area (Å²) in [6, 6.07) is 2.95. The van der Waals surface area contributed by atoms with E-state index in [2.05, 4.69) is 0 Å². The largest absolute Gasteiger partial charge is 0.493 e. The normalized spacial score (nSPS) is 11.7. The fourth-order valence-electron chi connectivity index (χ4n) is 1.30. The van der Waals surface area contributed by atoms with Crippen molar-refractivity contribution in [3.05, 3.63) is 29.3 Å². The van der Waals surface area contributed by atoms with Crippen LogP contribution in [0, 0.1) is 11.3 Å². The van der Waals surface area contributed by atoms with Crippen molar-refractivity contribution < 1.29 is 17.9 Å². The Hall–Kier alpha value is -1.72. The van der Waals surface area contributed by atoms with Gasteiger partial charge >= 0.3 is 6.18 Å². The minimum absolute atomic E-state index is 0.0366. The molecule has 3 nitrogen and oxygen atoms in total. The van der Waals surface area contributed by atoms with Crippen molar-refractivity contribution in [2.24, 2.45) is 11.7 Å². The molecular formula is C12H15F3N2O. The van der Waals surface area contributed by atoms with E-state index in [-0.39, 0.29) is 17.2 Å². The van der Waals surface area contributed by atoms with E-state index in [9.17, 15) is 13.2 Å². The van der Waals surface area contributed by atoms with Gasteiger partial charge in [-0.15, -0.1) is 0 Å². The Morgan fingerprint density at radius 2 is 2.00 bits per heavy atom. The summed E-state index contributed by atoms with van der Waals surface area (Å²) in [5, 5.41) is 7.29. The molecular weight excluding hydrogens is 245 g/mol. The van der Waals surface area contributed by atoms with E-state index in [0.29, 0.717) is 6.61 Å². The number of alkyl halides is 3. The molecule has 18 heavy (non-hydrogen) atoms. The van der Waals surface area contributed by atoms with Gasteiger partial charge in [0, 0.05) is 0 Å². The summed E-state index contributed by atoms with van der Waals surface area (Å²) in [7, 11) is 0. The minimum Gasteiger partial charge on any atom is -0.493 e. The van der Waals surface area contributed by atoms with Crippen LogP contribution in [0.25, 0.3) is 0 Å². The van der Waals surface area contributed by atoms with Crippen LogP contribution in [-0.2, 0) is 6.18 Å². The molecule has 0 atom stereocenters. The second-order valence-corrected chi connectivity index (χ2v) is 4.33. The van der Waals surface area contributed by atoms with Gasteiger partial charge in [-0.25, -0.2) is 0 Å². The highest BCUT2D eigenvalue weighted by atomic mass is 19.4. The predicted octanol–water partition coefficient (Wildman–Crippen LogP) is 3.02. The van der Waals surface area contributed by atoms with Gasteiger partial charge in [0.1, 0.15) is 11.6 Å². The zero-order valence-corrected chi connectivity index (χ0v) is 10.1. The molecule has 0 aromatic heterocycles. The van der Waals surface area contributed by atoms with Crippen LogP contribution >= 0.6 is 0 Å². The van der Waals surface area contributed by atoms with Crippen molar-refractivity contribution in [2.45, 2.75) is 20.0 Å². The van der Waals surface area contributed by atoms with E-state index in [4.69, 9.17) is 15.9 Å². The van der Waals surface area contributed by atoms with E-state index in [0.717, 1.165) is 12.1 Å². The first-order valence-corrected chi connectivity index (χ1v) is 5.40. The number of benzene rings is 1. The molecule has 1 rings (SSSR count). The lowest BCUT2D eigenvalue weighted by Crippen LogP contribution is -2.16. The molecule has 0 heterocycles. The smallest absolute Gasteiger partial charge is 0.416 e. The monoisotopic (exact) mass is 260 g/mol. The standard InChI is InChI=1S/C12H15F3N2O/c1-7(2)6-18-10-4-3-8(12(13,14)15)5-9(10)11(16)17/h3-5,7H,6H2,1-2H3,(H3,16,17). The summed E-state index contributed by atoms with van der Waals surface area (Å²) >= 11 is 0. The Kier molecular flexibility index (Phi) is 4.21. The molecule has 0 radical (unpaired) electrons. The van der Waals surface area contributed by atoms with Gasteiger partial charge in [0.2, 0.25) is 0 Å². The minimum atomic E-state index is -4.46. The van der Waals surface area contributed by atoms with Gasteiger partial charge < -0.3 is 10.5 Å². The number of ether oxygens (including phenoxy) is 1. The first kappa shape index (κ1) is 14.3. The predicted molar refractivity (Wildman–Crippen MR) is 62.8 cm³/mol. The maximum atomic E-state index is 12.5. The van der Waals surface area contributed by atoms with Gasteiger partial charge in [-0.1, -0.05) is 13.8 Å². The number of hydrogen-bond acceptors (Lipinski definition) is 2. The molecule has 0 saturated carbocycles. The lowest BCUT2D eigenvalue weighted by atomic mass is 10.1. The third-order valence-electron chi connectivity index (χ3n) is 2.17. The van der Waals surface area contributed by atoms with Crippen molar-refractivity contribution in [1.82, 2.24) is 0 Å². The van der Waals surface area contributed by atoms with Gasteiger partial charge in [-0.3, -0.25) is 5.41 Å². The Balaban J connectivity index is 3.09. The number of rotatable bonds is 4. The van der Waals surface area contributed by atoms with Gasteiger partial charge in [0.15, 0.2) is 0 Å².